The second kappa shape index (κ2) is 14.5. The van der Waals surface area contributed by atoms with E-state index < -0.39 is 0 Å². The molecule has 1 aliphatic rings. The summed E-state index contributed by atoms with van der Waals surface area (Å²) in [4.78, 5) is 2.31. The van der Waals surface area contributed by atoms with Gasteiger partial charge in [-0.3, -0.25) is 0 Å². The Balaban J connectivity index is 0. The van der Waals surface area contributed by atoms with E-state index in [1.165, 1.54) is 19.4 Å². The van der Waals surface area contributed by atoms with Crippen LogP contribution in [-0.4, -0.2) is 37.7 Å². The maximum absolute atomic E-state index is 5.58. The minimum Gasteiger partial charge on any atom is -0.364 e. The number of nitrogens with zero attached hydrogens (tertiary/aromatic N) is 1. The van der Waals surface area contributed by atoms with Gasteiger partial charge in [0.2, 0.25) is 0 Å². The van der Waals surface area contributed by atoms with Gasteiger partial charge in [-0.05, 0) is 33.4 Å². The monoisotopic (exact) mass is 227 g/mol. The quantitative estimate of drug-likeness (QED) is 0.672. The van der Waals surface area contributed by atoms with Gasteiger partial charge >= 0.3 is 0 Å². The lowest BCUT2D eigenvalue weighted by atomic mass is 10.1. The highest BCUT2D eigenvalue weighted by Crippen LogP contribution is 2.10. The molecule has 0 radical (unpaired) electrons. The van der Waals surface area contributed by atoms with Gasteiger partial charge < -0.3 is 9.64 Å². The Bertz CT molecular complexity index is 181. The minimum atomic E-state index is 0.407. The molecule has 2 heteroatoms. The van der Waals surface area contributed by atoms with Crippen molar-refractivity contribution in [2.45, 2.75) is 53.6 Å². The predicted molar refractivity (Wildman–Crippen MR) is 72.6 cm³/mol. The second-order valence-corrected chi connectivity index (χ2v) is 3.26. The van der Waals surface area contributed by atoms with Crippen molar-refractivity contribution in [1.29, 1.82) is 0 Å². The first-order valence-corrected chi connectivity index (χ1v) is 6.52. The highest BCUT2D eigenvalue weighted by atomic mass is 16.5. The third-order valence-corrected chi connectivity index (χ3v) is 2.15. The molecule has 1 fully saturated rings. The van der Waals surface area contributed by atoms with Gasteiger partial charge in [0.25, 0.3) is 0 Å². The molecule has 16 heavy (non-hydrogen) atoms. The standard InChI is InChI=1S/C10H17NO.2C2H6/c1-3-4-8-12-10-6-5-7-11(2)9-10;2*1-2/h10H,5-9H2,1-2H3;2*1-2H3. The summed E-state index contributed by atoms with van der Waals surface area (Å²) in [6, 6.07) is 0. The zero-order valence-electron chi connectivity index (χ0n) is 12.0. The fourth-order valence-corrected chi connectivity index (χ4v) is 1.49. The fourth-order valence-electron chi connectivity index (χ4n) is 1.49. The summed E-state index contributed by atoms with van der Waals surface area (Å²) in [6.07, 6.45) is 2.85. The third-order valence-electron chi connectivity index (χ3n) is 2.15. The SMILES string of the molecule is CC.CC.CC#CCOC1CCCN(C)C1. The zero-order valence-corrected chi connectivity index (χ0v) is 12.0. The number of hydrogen-bond donors (Lipinski definition) is 0. The zero-order chi connectivity index (χ0) is 12.8. The van der Waals surface area contributed by atoms with Gasteiger partial charge in [-0.1, -0.05) is 33.6 Å². The van der Waals surface area contributed by atoms with Crippen molar-refractivity contribution < 1.29 is 4.74 Å². The van der Waals surface area contributed by atoms with Crippen LogP contribution in [0, 0.1) is 11.8 Å². The van der Waals surface area contributed by atoms with E-state index in [9.17, 15) is 0 Å². The van der Waals surface area contributed by atoms with Gasteiger partial charge in [-0.2, -0.15) is 0 Å². The number of hydrogen-bond acceptors (Lipinski definition) is 2. The summed E-state index contributed by atoms with van der Waals surface area (Å²) in [5.74, 6) is 5.75. The molecule has 0 aromatic rings. The molecule has 0 bridgehead atoms. The van der Waals surface area contributed by atoms with Crippen LogP contribution >= 0.6 is 0 Å². The first kappa shape index (κ1) is 17.9. The Kier molecular flexibility index (Phi) is 16.2. The van der Waals surface area contributed by atoms with Crippen molar-refractivity contribution in [1.82, 2.24) is 4.90 Å². The first-order valence-electron chi connectivity index (χ1n) is 6.52. The van der Waals surface area contributed by atoms with E-state index in [4.69, 9.17) is 4.74 Å². The van der Waals surface area contributed by atoms with Crippen molar-refractivity contribution in [2.75, 3.05) is 26.7 Å². The summed E-state index contributed by atoms with van der Waals surface area (Å²) in [6.45, 7) is 12.7. The number of likely N-dealkylation sites (N-methyl/N-ethyl adjacent to an activating group) is 1. The minimum absolute atomic E-state index is 0.407. The van der Waals surface area contributed by atoms with E-state index in [0.717, 1.165) is 6.54 Å². The molecule has 0 saturated carbocycles. The molecule has 0 spiro atoms. The molecular formula is C14H29NO. The number of likely N-dealkylation sites (tertiary alicyclic amines) is 1. The summed E-state index contributed by atoms with van der Waals surface area (Å²) in [5, 5.41) is 0. The van der Waals surface area contributed by atoms with E-state index in [2.05, 4.69) is 23.8 Å². The van der Waals surface area contributed by atoms with Crippen LogP contribution in [0.25, 0.3) is 0 Å². The van der Waals surface area contributed by atoms with E-state index >= 15 is 0 Å². The van der Waals surface area contributed by atoms with Gasteiger partial charge in [0.1, 0.15) is 6.61 Å². The lowest BCUT2D eigenvalue weighted by Crippen LogP contribution is -2.37. The van der Waals surface area contributed by atoms with Crippen LogP contribution in [-0.2, 0) is 4.74 Å². The molecule has 1 saturated heterocycles. The predicted octanol–water partition coefficient (Wildman–Crippen LogP) is 3.17. The van der Waals surface area contributed by atoms with Crippen molar-refractivity contribution >= 4 is 0 Å². The molecule has 0 amide bonds. The van der Waals surface area contributed by atoms with Crippen LogP contribution in [0.1, 0.15) is 47.5 Å². The Hall–Kier alpha value is -0.520. The molecule has 1 heterocycles. The smallest absolute Gasteiger partial charge is 0.108 e. The molecule has 2 nitrogen and oxygen atoms in total. The van der Waals surface area contributed by atoms with Gasteiger partial charge in [0.05, 0.1) is 6.10 Å². The Morgan fingerprint density at radius 2 is 1.88 bits per heavy atom. The van der Waals surface area contributed by atoms with Gasteiger partial charge in [0, 0.05) is 6.54 Å². The number of piperidine rings is 1. The van der Waals surface area contributed by atoms with Gasteiger partial charge in [-0.15, -0.1) is 5.92 Å². The van der Waals surface area contributed by atoms with Gasteiger partial charge in [-0.25, -0.2) is 0 Å². The van der Waals surface area contributed by atoms with Crippen molar-refractivity contribution in [3.63, 3.8) is 0 Å². The van der Waals surface area contributed by atoms with Crippen LogP contribution < -0.4 is 0 Å². The summed E-state index contributed by atoms with van der Waals surface area (Å²) < 4.78 is 5.58. The van der Waals surface area contributed by atoms with E-state index in [-0.39, 0.29) is 0 Å². The third kappa shape index (κ3) is 10.0. The van der Waals surface area contributed by atoms with Crippen LogP contribution in [0.5, 0.6) is 0 Å². The fraction of sp³-hybridized carbons (Fsp3) is 0.857. The van der Waals surface area contributed by atoms with Crippen molar-refractivity contribution in [2.24, 2.45) is 0 Å². The molecule has 0 aromatic heterocycles. The van der Waals surface area contributed by atoms with Gasteiger partial charge in [0.15, 0.2) is 0 Å². The van der Waals surface area contributed by atoms with Crippen molar-refractivity contribution in [3.05, 3.63) is 0 Å². The maximum Gasteiger partial charge on any atom is 0.108 e. The molecule has 1 rings (SSSR count). The van der Waals surface area contributed by atoms with E-state index in [1.807, 2.05) is 34.6 Å². The normalized spacial score (nSPS) is 19.2. The summed E-state index contributed by atoms with van der Waals surface area (Å²) >= 11 is 0. The summed E-state index contributed by atoms with van der Waals surface area (Å²) in [7, 11) is 2.14. The highest BCUT2D eigenvalue weighted by Gasteiger charge is 2.16. The van der Waals surface area contributed by atoms with Crippen molar-refractivity contribution in [3.8, 4) is 11.8 Å². The first-order chi connectivity index (χ1) is 7.83. The van der Waals surface area contributed by atoms with Crippen LogP contribution in [0.3, 0.4) is 0 Å². The van der Waals surface area contributed by atoms with Crippen LogP contribution in [0.15, 0.2) is 0 Å². The molecule has 0 aromatic carbocycles. The lowest BCUT2D eigenvalue weighted by Gasteiger charge is -2.28. The summed E-state index contributed by atoms with van der Waals surface area (Å²) in [5.41, 5.74) is 0. The average molecular weight is 227 g/mol. The molecular weight excluding hydrogens is 198 g/mol. The molecule has 0 N–H and O–H groups in total. The Morgan fingerprint density at radius 1 is 1.25 bits per heavy atom. The lowest BCUT2D eigenvalue weighted by molar-refractivity contribution is 0.0238. The molecule has 96 valence electrons. The maximum atomic E-state index is 5.58. The Labute approximate surface area is 102 Å². The van der Waals surface area contributed by atoms with Crippen LogP contribution in [0.4, 0.5) is 0 Å². The molecule has 0 aliphatic carbocycles. The van der Waals surface area contributed by atoms with Crippen LogP contribution in [0.2, 0.25) is 0 Å². The average Bonchev–Trinajstić information content (AvgIpc) is 2.35. The van der Waals surface area contributed by atoms with E-state index in [1.54, 1.807) is 0 Å². The number of rotatable bonds is 2. The second-order valence-electron chi connectivity index (χ2n) is 3.26. The molecule has 1 unspecified atom stereocenters. The largest absolute Gasteiger partial charge is 0.364 e. The van der Waals surface area contributed by atoms with E-state index in [0.29, 0.717) is 12.7 Å². The highest BCUT2D eigenvalue weighted by molar-refractivity contribution is 4.95. The Morgan fingerprint density at radius 3 is 2.38 bits per heavy atom. The molecule has 1 aliphatic heterocycles. The number of ether oxygens (including phenoxy) is 1. The topological polar surface area (TPSA) is 12.5 Å². The molecule has 1 atom stereocenters.